The molecule has 1 fully saturated rings. The topological polar surface area (TPSA) is 76.2 Å². The predicted octanol–water partition coefficient (Wildman–Crippen LogP) is 8.35. The molecule has 6 heteroatoms. The number of thioether (sulfide) groups is 1. The lowest BCUT2D eigenvalue weighted by atomic mass is 9.90. The largest absolute Gasteiger partial charge is 0.386 e. The molecule has 1 aromatic heterocycles. The van der Waals surface area contributed by atoms with E-state index < -0.39 is 5.60 Å². The number of amides is 1. The molecular weight excluding hydrogens is 548 g/mol. The summed E-state index contributed by atoms with van der Waals surface area (Å²) in [6.07, 6.45) is 8.49. The zero-order chi connectivity index (χ0) is 29.0. The van der Waals surface area contributed by atoms with Crippen LogP contribution in [-0.4, -0.2) is 21.8 Å². The van der Waals surface area contributed by atoms with Gasteiger partial charge in [0.05, 0.1) is 16.8 Å². The van der Waals surface area contributed by atoms with Gasteiger partial charge in [0.25, 0.3) is 0 Å². The molecule has 0 aliphatic heterocycles. The van der Waals surface area contributed by atoms with Crippen molar-refractivity contribution >= 4 is 52.3 Å². The van der Waals surface area contributed by atoms with E-state index in [4.69, 9.17) is 22.3 Å². The van der Waals surface area contributed by atoms with Crippen LogP contribution < -0.4 is 5.73 Å². The molecule has 0 saturated heterocycles. The Hall–Kier alpha value is -3.12. The predicted molar refractivity (Wildman–Crippen MR) is 173 cm³/mol. The molecule has 0 radical (unpaired) electrons. The van der Waals surface area contributed by atoms with Gasteiger partial charge in [0.1, 0.15) is 0 Å². The molecule has 1 amide bonds. The van der Waals surface area contributed by atoms with Gasteiger partial charge < -0.3 is 10.8 Å². The van der Waals surface area contributed by atoms with Crippen molar-refractivity contribution in [1.29, 1.82) is 0 Å². The molecule has 1 atom stereocenters. The first-order chi connectivity index (χ1) is 19.6. The molecule has 0 spiro atoms. The van der Waals surface area contributed by atoms with Crippen LogP contribution in [0.4, 0.5) is 0 Å². The van der Waals surface area contributed by atoms with Crippen LogP contribution in [-0.2, 0) is 16.8 Å². The van der Waals surface area contributed by atoms with E-state index in [0.717, 1.165) is 59.2 Å². The van der Waals surface area contributed by atoms with Gasteiger partial charge in [-0.15, -0.1) is 0 Å². The highest BCUT2D eigenvalue weighted by Gasteiger charge is 2.44. The van der Waals surface area contributed by atoms with Crippen LogP contribution in [0.25, 0.3) is 23.1 Å². The number of halogens is 1. The molecule has 1 heterocycles. The Kier molecular flexibility index (Phi) is 8.88. The average Bonchev–Trinajstić information content (AvgIpc) is 3.70. The summed E-state index contributed by atoms with van der Waals surface area (Å²) in [5, 5.41) is 12.7. The zero-order valence-electron chi connectivity index (χ0n) is 23.6. The number of pyridine rings is 1. The smallest absolute Gasteiger partial charge is 0.218 e. The normalized spacial score (nSPS) is 15.3. The lowest BCUT2D eigenvalue weighted by molar-refractivity contribution is -0.119. The van der Waals surface area contributed by atoms with Crippen LogP contribution in [0.1, 0.15) is 72.7 Å². The Morgan fingerprint density at radius 3 is 2.61 bits per heavy atom. The minimum atomic E-state index is -0.897. The maximum Gasteiger partial charge on any atom is 0.218 e. The molecule has 3 aromatic carbocycles. The van der Waals surface area contributed by atoms with Crippen molar-refractivity contribution in [1.82, 2.24) is 4.98 Å². The summed E-state index contributed by atoms with van der Waals surface area (Å²) in [6, 6.07) is 26.7. The van der Waals surface area contributed by atoms with Gasteiger partial charge in [0, 0.05) is 27.8 Å². The van der Waals surface area contributed by atoms with E-state index in [2.05, 4.69) is 42.5 Å². The molecule has 1 saturated carbocycles. The SMILES string of the molecule is CC(C)(O)c1ccccc1CC[C@@H](SCC1(CC(N)=O)CC1)c1cccc(C=Cc2ccc3ccc(Cl)cc3n2)c1. The monoisotopic (exact) mass is 584 g/mol. The van der Waals surface area contributed by atoms with Crippen LogP contribution in [0.5, 0.6) is 0 Å². The van der Waals surface area contributed by atoms with Gasteiger partial charge >= 0.3 is 0 Å². The van der Waals surface area contributed by atoms with E-state index in [1.807, 2.05) is 74.1 Å². The van der Waals surface area contributed by atoms with Crippen molar-refractivity contribution in [2.75, 3.05) is 5.75 Å². The van der Waals surface area contributed by atoms with Gasteiger partial charge in [-0.1, -0.05) is 78.3 Å². The Bertz CT molecular complexity index is 1570. The second-order valence-electron chi connectivity index (χ2n) is 11.8. The molecular formula is C35H37ClN2O2S. The van der Waals surface area contributed by atoms with E-state index in [-0.39, 0.29) is 16.6 Å². The number of rotatable bonds is 12. The van der Waals surface area contributed by atoms with Gasteiger partial charge in [0.2, 0.25) is 5.91 Å². The zero-order valence-corrected chi connectivity index (χ0v) is 25.2. The lowest BCUT2D eigenvalue weighted by Crippen LogP contribution is -2.19. The van der Waals surface area contributed by atoms with Crippen LogP contribution in [0.15, 0.2) is 78.9 Å². The fraction of sp³-hybridized carbons (Fsp3) is 0.314. The van der Waals surface area contributed by atoms with Gasteiger partial charge in [-0.25, -0.2) is 4.98 Å². The van der Waals surface area contributed by atoms with Crippen LogP contribution in [0.2, 0.25) is 5.02 Å². The molecule has 5 rings (SSSR count). The third-order valence-corrected chi connectivity index (χ3v) is 9.78. The first-order valence-corrected chi connectivity index (χ1v) is 15.6. The number of primary amides is 1. The fourth-order valence-electron chi connectivity index (χ4n) is 5.41. The summed E-state index contributed by atoms with van der Waals surface area (Å²) >= 11 is 8.10. The summed E-state index contributed by atoms with van der Waals surface area (Å²) < 4.78 is 0. The first kappa shape index (κ1) is 29.4. The number of carbonyl (C=O) groups is 1. The summed E-state index contributed by atoms with van der Waals surface area (Å²) in [6.45, 7) is 3.68. The minimum Gasteiger partial charge on any atom is -0.386 e. The van der Waals surface area contributed by atoms with Crippen molar-refractivity contribution in [2.45, 2.75) is 56.8 Å². The second kappa shape index (κ2) is 12.4. The molecule has 4 aromatic rings. The van der Waals surface area contributed by atoms with Crippen molar-refractivity contribution in [2.24, 2.45) is 11.1 Å². The molecule has 1 aliphatic rings. The van der Waals surface area contributed by atoms with Crippen molar-refractivity contribution in [3.8, 4) is 0 Å². The molecule has 3 N–H and O–H groups in total. The van der Waals surface area contributed by atoms with Crippen LogP contribution in [0.3, 0.4) is 0 Å². The number of aliphatic hydroxyl groups is 1. The highest BCUT2D eigenvalue weighted by atomic mass is 35.5. The average molecular weight is 585 g/mol. The molecule has 41 heavy (non-hydrogen) atoms. The second-order valence-corrected chi connectivity index (χ2v) is 13.4. The molecule has 4 nitrogen and oxygen atoms in total. The number of hydrogen-bond acceptors (Lipinski definition) is 4. The number of hydrogen-bond donors (Lipinski definition) is 2. The molecule has 1 aliphatic carbocycles. The summed E-state index contributed by atoms with van der Waals surface area (Å²) in [4.78, 5) is 16.5. The van der Waals surface area contributed by atoms with Crippen LogP contribution >= 0.6 is 23.4 Å². The number of aromatic nitrogens is 1. The van der Waals surface area contributed by atoms with Gasteiger partial charge in [-0.05, 0) is 91.5 Å². The highest BCUT2D eigenvalue weighted by molar-refractivity contribution is 7.99. The van der Waals surface area contributed by atoms with Gasteiger partial charge in [-0.2, -0.15) is 11.8 Å². The quantitative estimate of drug-likeness (QED) is 0.175. The number of aryl methyl sites for hydroxylation is 1. The summed E-state index contributed by atoms with van der Waals surface area (Å²) in [5.74, 6) is 0.702. The summed E-state index contributed by atoms with van der Waals surface area (Å²) in [5.41, 5.74) is 11.0. The van der Waals surface area contributed by atoms with E-state index >= 15 is 0 Å². The van der Waals surface area contributed by atoms with E-state index in [1.165, 1.54) is 11.1 Å². The fourth-order valence-corrected chi connectivity index (χ4v) is 7.14. The van der Waals surface area contributed by atoms with E-state index in [1.54, 1.807) is 0 Å². The minimum absolute atomic E-state index is 0.0436. The van der Waals surface area contributed by atoms with Crippen molar-refractivity contribution in [3.63, 3.8) is 0 Å². The van der Waals surface area contributed by atoms with E-state index in [9.17, 15) is 9.90 Å². The highest BCUT2D eigenvalue weighted by Crippen LogP contribution is 2.53. The molecule has 0 unspecified atom stereocenters. The third kappa shape index (κ3) is 7.79. The number of fused-ring (bicyclic) bond motifs is 1. The first-order valence-electron chi connectivity index (χ1n) is 14.2. The van der Waals surface area contributed by atoms with E-state index in [0.29, 0.717) is 11.4 Å². The Morgan fingerprint density at radius 2 is 1.85 bits per heavy atom. The number of benzene rings is 3. The Labute approximate surface area is 252 Å². The number of carbonyl (C=O) groups excluding carboxylic acids is 1. The number of nitrogens with zero attached hydrogens (tertiary/aromatic N) is 1. The summed E-state index contributed by atoms with van der Waals surface area (Å²) in [7, 11) is 0. The lowest BCUT2D eigenvalue weighted by Gasteiger charge is -2.24. The number of nitrogens with two attached hydrogens (primary N) is 1. The standard InChI is InChI=1S/C35H37ClN2O2S/c1-34(2,40)30-9-4-3-7-25(30)13-17-32(41-23-35(18-19-35)22-33(37)39)27-8-5-6-24(20-27)10-15-29-16-12-26-11-14-28(36)21-31(26)38-29/h3-12,14-16,20-21,32,40H,13,17-19,22-23H2,1-2H3,(H2,37,39)/t32-/m1/s1. The van der Waals surface area contributed by atoms with Gasteiger partial charge in [0.15, 0.2) is 0 Å². The Balaban J connectivity index is 1.37. The Morgan fingerprint density at radius 1 is 1.07 bits per heavy atom. The third-order valence-electron chi connectivity index (χ3n) is 7.85. The van der Waals surface area contributed by atoms with Gasteiger partial charge in [-0.3, -0.25) is 4.79 Å². The molecule has 212 valence electrons. The molecule has 0 bridgehead atoms. The van der Waals surface area contributed by atoms with Crippen LogP contribution in [0, 0.1) is 5.41 Å². The van der Waals surface area contributed by atoms with Crippen molar-refractivity contribution < 1.29 is 9.90 Å². The van der Waals surface area contributed by atoms with Crippen molar-refractivity contribution in [3.05, 3.63) is 112 Å². The maximum absolute atomic E-state index is 11.7. The maximum atomic E-state index is 11.7.